The largest absolute Gasteiger partial charge is 0.504 e. The van der Waals surface area contributed by atoms with Crippen LogP contribution < -0.4 is 0 Å². The van der Waals surface area contributed by atoms with Crippen molar-refractivity contribution < 1.29 is 19.0 Å². The third-order valence-corrected chi connectivity index (χ3v) is 1.70. The number of aromatic hydroxyl groups is 1. The molecule has 0 fully saturated rings. The van der Waals surface area contributed by atoms with E-state index in [0.717, 1.165) is 12.1 Å². The highest BCUT2D eigenvalue weighted by molar-refractivity contribution is 5.87. The van der Waals surface area contributed by atoms with E-state index in [-0.39, 0.29) is 12.2 Å². The van der Waals surface area contributed by atoms with E-state index in [1.165, 1.54) is 18.2 Å². The second kappa shape index (κ2) is 5.14. The summed E-state index contributed by atoms with van der Waals surface area (Å²) in [6.45, 7) is 1.96. The lowest BCUT2D eigenvalue weighted by molar-refractivity contribution is -0.137. The van der Waals surface area contributed by atoms with Crippen LogP contribution >= 0.6 is 0 Å². The second-order valence-corrected chi connectivity index (χ2v) is 2.76. The van der Waals surface area contributed by atoms with Crippen molar-refractivity contribution in [1.29, 1.82) is 0 Å². The molecule has 15 heavy (non-hydrogen) atoms. The van der Waals surface area contributed by atoms with Gasteiger partial charge in [0.1, 0.15) is 0 Å². The number of ether oxygens (including phenoxy) is 1. The van der Waals surface area contributed by atoms with E-state index in [9.17, 15) is 14.3 Å². The lowest BCUT2D eigenvalue weighted by Crippen LogP contribution is -1.98. The van der Waals surface area contributed by atoms with Gasteiger partial charge in [-0.15, -0.1) is 0 Å². The van der Waals surface area contributed by atoms with Gasteiger partial charge < -0.3 is 9.84 Å². The first kappa shape index (κ1) is 11.2. The Kier molecular flexibility index (Phi) is 3.85. The molecule has 1 N–H and O–H groups in total. The van der Waals surface area contributed by atoms with Crippen molar-refractivity contribution in [3.05, 3.63) is 35.7 Å². The van der Waals surface area contributed by atoms with E-state index in [1.54, 1.807) is 6.92 Å². The molecule has 1 rings (SSSR count). The molecule has 0 aliphatic carbocycles. The SMILES string of the molecule is CCOC(=O)/C=C/c1cccc(F)c1O. The van der Waals surface area contributed by atoms with Crippen LogP contribution in [0.15, 0.2) is 24.3 Å². The van der Waals surface area contributed by atoms with Gasteiger partial charge in [0, 0.05) is 11.6 Å². The van der Waals surface area contributed by atoms with Gasteiger partial charge in [-0.25, -0.2) is 9.18 Å². The van der Waals surface area contributed by atoms with E-state index >= 15 is 0 Å². The Balaban J connectivity index is 2.81. The van der Waals surface area contributed by atoms with Crippen LogP contribution in [0.4, 0.5) is 4.39 Å². The zero-order valence-electron chi connectivity index (χ0n) is 8.24. The lowest BCUT2D eigenvalue weighted by Gasteiger charge is -1.99. The maximum absolute atomic E-state index is 12.9. The summed E-state index contributed by atoms with van der Waals surface area (Å²) >= 11 is 0. The second-order valence-electron chi connectivity index (χ2n) is 2.76. The lowest BCUT2D eigenvalue weighted by atomic mass is 10.2. The molecule has 0 atom stereocenters. The molecule has 0 radical (unpaired) electrons. The molecule has 1 aromatic carbocycles. The van der Waals surface area contributed by atoms with E-state index < -0.39 is 17.5 Å². The molecule has 1 aromatic rings. The summed E-state index contributed by atoms with van der Waals surface area (Å²) in [5.41, 5.74) is 0.239. The molecule has 0 saturated carbocycles. The Morgan fingerprint density at radius 3 is 3.00 bits per heavy atom. The van der Waals surface area contributed by atoms with Gasteiger partial charge in [0.05, 0.1) is 6.61 Å². The van der Waals surface area contributed by atoms with Crippen molar-refractivity contribution >= 4 is 12.0 Å². The summed E-state index contributed by atoms with van der Waals surface area (Å²) in [4.78, 5) is 10.9. The standard InChI is InChI=1S/C11H11FO3/c1-2-15-10(13)7-6-8-4-3-5-9(12)11(8)14/h3-7,14H,2H2,1H3/b7-6+. The van der Waals surface area contributed by atoms with Crippen molar-refractivity contribution in [1.82, 2.24) is 0 Å². The molecule has 0 aliphatic rings. The van der Waals surface area contributed by atoms with Gasteiger partial charge >= 0.3 is 5.97 Å². The number of carbonyl (C=O) groups excluding carboxylic acids is 1. The Bertz CT molecular complexity index is 385. The maximum atomic E-state index is 12.9. The first-order chi connectivity index (χ1) is 7.15. The van der Waals surface area contributed by atoms with Gasteiger partial charge in [-0.3, -0.25) is 0 Å². The van der Waals surface area contributed by atoms with E-state index in [4.69, 9.17) is 0 Å². The molecular formula is C11H11FO3. The molecule has 0 spiro atoms. The summed E-state index contributed by atoms with van der Waals surface area (Å²) < 4.78 is 17.5. The number of hydrogen-bond acceptors (Lipinski definition) is 3. The summed E-state index contributed by atoms with van der Waals surface area (Å²) in [5, 5.41) is 9.26. The van der Waals surface area contributed by atoms with Gasteiger partial charge in [-0.05, 0) is 19.1 Å². The highest BCUT2D eigenvalue weighted by Crippen LogP contribution is 2.21. The van der Waals surface area contributed by atoms with Gasteiger partial charge in [0.15, 0.2) is 11.6 Å². The Morgan fingerprint density at radius 2 is 2.33 bits per heavy atom. The number of hydrogen-bond donors (Lipinski definition) is 1. The number of phenols is 1. The van der Waals surface area contributed by atoms with Crippen molar-refractivity contribution in [2.45, 2.75) is 6.92 Å². The van der Waals surface area contributed by atoms with Crippen LogP contribution in [-0.2, 0) is 9.53 Å². The molecule has 0 heterocycles. The topological polar surface area (TPSA) is 46.5 Å². The van der Waals surface area contributed by atoms with Gasteiger partial charge in [0.25, 0.3) is 0 Å². The van der Waals surface area contributed by atoms with Crippen LogP contribution in [0.3, 0.4) is 0 Å². The average molecular weight is 210 g/mol. The minimum atomic E-state index is -0.721. The molecule has 0 unspecified atom stereocenters. The number of phenolic OH excluding ortho intramolecular Hbond substituents is 1. The third kappa shape index (κ3) is 3.09. The molecule has 4 heteroatoms. The van der Waals surface area contributed by atoms with Crippen LogP contribution in [0, 0.1) is 5.82 Å². The molecule has 0 aliphatic heterocycles. The molecular weight excluding hydrogens is 199 g/mol. The number of halogens is 1. The van der Waals surface area contributed by atoms with E-state index in [0.29, 0.717) is 0 Å². The highest BCUT2D eigenvalue weighted by Gasteiger charge is 2.03. The molecule has 80 valence electrons. The monoisotopic (exact) mass is 210 g/mol. The predicted octanol–water partition coefficient (Wildman–Crippen LogP) is 2.11. The van der Waals surface area contributed by atoms with Crippen molar-refractivity contribution in [3.8, 4) is 5.75 Å². The van der Waals surface area contributed by atoms with Crippen LogP contribution in [0.25, 0.3) is 6.08 Å². The highest BCUT2D eigenvalue weighted by atomic mass is 19.1. The normalized spacial score (nSPS) is 10.5. The summed E-state index contributed by atoms with van der Waals surface area (Å²) in [7, 11) is 0. The maximum Gasteiger partial charge on any atom is 0.330 e. The predicted molar refractivity (Wildman–Crippen MR) is 53.7 cm³/mol. The quantitative estimate of drug-likeness (QED) is 0.614. The van der Waals surface area contributed by atoms with Crippen molar-refractivity contribution in [3.63, 3.8) is 0 Å². The molecule has 0 amide bonds. The zero-order valence-corrected chi connectivity index (χ0v) is 8.24. The molecule has 0 aromatic heterocycles. The van der Waals surface area contributed by atoms with Gasteiger partial charge in [-0.2, -0.15) is 0 Å². The van der Waals surface area contributed by atoms with Gasteiger partial charge in [0.2, 0.25) is 0 Å². The number of benzene rings is 1. The molecule has 3 nitrogen and oxygen atoms in total. The van der Waals surface area contributed by atoms with Crippen LogP contribution in [-0.4, -0.2) is 17.7 Å². The van der Waals surface area contributed by atoms with E-state index in [1.807, 2.05) is 0 Å². The summed E-state index contributed by atoms with van der Waals surface area (Å²) in [5.74, 6) is -1.72. The third-order valence-electron chi connectivity index (χ3n) is 1.70. The number of esters is 1. The minimum Gasteiger partial charge on any atom is -0.504 e. The first-order valence-electron chi connectivity index (χ1n) is 4.47. The van der Waals surface area contributed by atoms with Crippen molar-refractivity contribution in [2.75, 3.05) is 6.61 Å². The average Bonchev–Trinajstić information content (AvgIpc) is 2.21. The van der Waals surface area contributed by atoms with Crippen LogP contribution in [0.2, 0.25) is 0 Å². The van der Waals surface area contributed by atoms with E-state index in [2.05, 4.69) is 4.74 Å². The Morgan fingerprint density at radius 1 is 1.60 bits per heavy atom. The smallest absolute Gasteiger partial charge is 0.330 e. The summed E-state index contributed by atoms with van der Waals surface area (Å²) in [6.07, 6.45) is 2.44. The number of carbonyl (C=O) groups is 1. The zero-order chi connectivity index (χ0) is 11.3. The number of rotatable bonds is 3. The Hall–Kier alpha value is -1.84. The van der Waals surface area contributed by atoms with Crippen molar-refractivity contribution in [2.24, 2.45) is 0 Å². The fraction of sp³-hybridized carbons (Fsp3) is 0.182. The fourth-order valence-corrected chi connectivity index (χ4v) is 1.01. The first-order valence-corrected chi connectivity index (χ1v) is 4.47. The summed E-state index contributed by atoms with van der Waals surface area (Å²) in [6, 6.07) is 4.07. The van der Waals surface area contributed by atoms with Crippen LogP contribution in [0.5, 0.6) is 5.75 Å². The van der Waals surface area contributed by atoms with Crippen LogP contribution in [0.1, 0.15) is 12.5 Å². The fourth-order valence-electron chi connectivity index (χ4n) is 1.01. The minimum absolute atomic E-state index is 0.239. The molecule has 0 saturated heterocycles. The Labute approximate surface area is 86.8 Å². The number of para-hydroxylation sites is 1. The van der Waals surface area contributed by atoms with Gasteiger partial charge in [-0.1, -0.05) is 12.1 Å². The molecule has 0 bridgehead atoms.